The van der Waals surface area contributed by atoms with Gasteiger partial charge in [0.1, 0.15) is 17.5 Å². The molecule has 1 aromatic heterocycles. The first kappa shape index (κ1) is 16.5. The molecule has 0 saturated heterocycles. The molecule has 6 nitrogen and oxygen atoms in total. The molecule has 0 saturated carbocycles. The van der Waals surface area contributed by atoms with Gasteiger partial charge < -0.3 is 9.47 Å². The minimum Gasteiger partial charge on any atom is -0.310 e. The van der Waals surface area contributed by atoms with Crippen LogP contribution < -0.4 is 4.90 Å². The average molecular weight is 347 g/mol. The maximum absolute atomic E-state index is 13.2. The Hall–Kier alpha value is -2.94. The monoisotopic (exact) mass is 347 g/mol. The van der Waals surface area contributed by atoms with Crippen molar-refractivity contribution in [3.8, 4) is 6.07 Å². The quantitative estimate of drug-likeness (QED) is 0.617. The highest BCUT2D eigenvalue weighted by molar-refractivity contribution is 6.38. The molecule has 1 aromatic carbocycles. The summed E-state index contributed by atoms with van der Waals surface area (Å²) in [7, 11) is 0. The molecule has 0 unspecified atom stereocenters. The van der Waals surface area contributed by atoms with E-state index in [1.165, 1.54) is 0 Å². The highest BCUT2D eigenvalue weighted by Gasteiger charge is 2.37. The summed E-state index contributed by atoms with van der Waals surface area (Å²) >= 11 is 0. The third-order valence-electron chi connectivity index (χ3n) is 5.08. The highest BCUT2D eigenvalue weighted by Crippen LogP contribution is 2.41. The molecule has 0 spiro atoms. The molecule has 1 amide bonds. The zero-order chi connectivity index (χ0) is 18.3. The summed E-state index contributed by atoms with van der Waals surface area (Å²) in [5, 5.41) is 18.5. The van der Waals surface area contributed by atoms with Crippen LogP contribution in [-0.4, -0.2) is 26.7 Å². The molecule has 132 valence electrons. The number of aryl methyl sites for hydroxylation is 1. The number of para-hydroxylation sites is 1. The molecular formula is C20H21N5O. The van der Waals surface area contributed by atoms with E-state index in [0.717, 1.165) is 49.3 Å². The average Bonchev–Trinajstić information content (AvgIpc) is 3.05. The molecule has 0 fully saturated rings. The second-order valence-electron chi connectivity index (χ2n) is 7.05. The van der Waals surface area contributed by atoms with Crippen LogP contribution in [0.15, 0.2) is 24.3 Å². The largest absolute Gasteiger partial charge is 0.310 e. The van der Waals surface area contributed by atoms with Gasteiger partial charge in [-0.3, -0.25) is 4.79 Å². The zero-order valence-electron chi connectivity index (χ0n) is 15.1. The Morgan fingerprint density at radius 3 is 2.77 bits per heavy atom. The van der Waals surface area contributed by atoms with Crippen LogP contribution in [-0.2, 0) is 17.8 Å². The smallest absolute Gasteiger partial charge is 0.260 e. The fourth-order valence-electron chi connectivity index (χ4n) is 3.88. The summed E-state index contributed by atoms with van der Waals surface area (Å²) in [6.45, 7) is 4.75. The zero-order valence-corrected chi connectivity index (χ0v) is 15.1. The Balaban J connectivity index is 1.94. The van der Waals surface area contributed by atoms with Crippen molar-refractivity contribution in [2.45, 2.75) is 52.1 Å². The number of hydrogen-bond acceptors (Lipinski definition) is 4. The topological polar surface area (TPSA) is 74.8 Å². The number of carbonyl (C=O) groups is 1. The van der Waals surface area contributed by atoms with E-state index in [-0.39, 0.29) is 11.9 Å². The van der Waals surface area contributed by atoms with Crippen LogP contribution in [0.5, 0.6) is 0 Å². The van der Waals surface area contributed by atoms with Crippen molar-refractivity contribution in [3.05, 3.63) is 41.5 Å². The van der Waals surface area contributed by atoms with E-state index in [4.69, 9.17) is 0 Å². The van der Waals surface area contributed by atoms with Crippen LogP contribution in [0.2, 0.25) is 0 Å². The second kappa shape index (κ2) is 6.41. The van der Waals surface area contributed by atoms with Gasteiger partial charge in [-0.05, 0) is 32.8 Å². The molecule has 0 radical (unpaired) electrons. The van der Waals surface area contributed by atoms with E-state index in [1.54, 1.807) is 4.90 Å². The summed E-state index contributed by atoms with van der Waals surface area (Å²) in [6.07, 6.45) is 4.13. The minimum atomic E-state index is -0.135. The number of fused-ring (bicyclic) bond motifs is 2. The van der Waals surface area contributed by atoms with Gasteiger partial charge in [-0.15, -0.1) is 10.2 Å². The summed E-state index contributed by atoms with van der Waals surface area (Å²) in [6, 6.07) is 9.92. The predicted molar refractivity (Wildman–Crippen MR) is 99.1 cm³/mol. The normalized spacial score (nSPS) is 18.4. The van der Waals surface area contributed by atoms with Crippen molar-refractivity contribution in [3.63, 3.8) is 0 Å². The fourth-order valence-corrected chi connectivity index (χ4v) is 3.88. The third-order valence-corrected chi connectivity index (χ3v) is 5.08. The van der Waals surface area contributed by atoms with Crippen LogP contribution in [0.4, 0.5) is 5.69 Å². The first-order valence-corrected chi connectivity index (χ1v) is 9.13. The van der Waals surface area contributed by atoms with Crippen molar-refractivity contribution in [2.75, 3.05) is 4.90 Å². The van der Waals surface area contributed by atoms with Gasteiger partial charge in [-0.1, -0.05) is 24.6 Å². The number of amides is 1. The van der Waals surface area contributed by atoms with Crippen molar-refractivity contribution in [2.24, 2.45) is 0 Å². The Kier molecular flexibility index (Phi) is 4.08. The molecule has 0 atom stereocenters. The molecule has 26 heavy (non-hydrogen) atoms. The summed E-state index contributed by atoms with van der Waals surface area (Å²) in [4.78, 5) is 14.9. The molecular weight excluding hydrogens is 326 g/mol. The molecule has 6 heteroatoms. The van der Waals surface area contributed by atoms with Crippen molar-refractivity contribution >= 4 is 22.7 Å². The summed E-state index contributed by atoms with van der Waals surface area (Å²) in [5.74, 6) is 1.29. The minimum absolute atomic E-state index is 0.0107. The molecule has 2 aliphatic rings. The number of rotatable bonds is 2. The molecule has 0 N–H and O–H groups in total. The lowest BCUT2D eigenvalue weighted by Gasteiger charge is -2.21. The van der Waals surface area contributed by atoms with Gasteiger partial charge >= 0.3 is 0 Å². The van der Waals surface area contributed by atoms with Gasteiger partial charge in [0.25, 0.3) is 5.91 Å². The van der Waals surface area contributed by atoms with Crippen LogP contribution in [0, 0.1) is 11.3 Å². The fraction of sp³-hybridized carbons (Fsp3) is 0.400. The molecule has 4 rings (SSSR count). The first-order chi connectivity index (χ1) is 12.6. The van der Waals surface area contributed by atoms with Gasteiger partial charge in [0.15, 0.2) is 5.82 Å². The lowest BCUT2D eigenvalue weighted by atomic mass is 10.0. The van der Waals surface area contributed by atoms with E-state index < -0.39 is 0 Å². The van der Waals surface area contributed by atoms with Crippen LogP contribution in [0.25, 0.3) is 11.1 Å². The van der Waals surface area contributed by atoms with Crippen molar-refractivity contribution in [1.82, 2.24) is 14.8 Å². The van der Waals surface area contributed by atoms with E-state index >= 15 is 0 Å². The Labute approximate surface area is 152 Å². The van der Waals surface area contributed by atoms with E-state index in [9.17, 15) is 10.1 Å². The van der Waals surface area contributed by atoms with Gasteiger partial charge in [0.05, 0.1) is 11.3 Å². The first-order valence-electron chi connectivity index (χ1n) is 9.13. The van der Waals surface area contributed by atoms with E-state index in [2.05, 4.69) is 16.3 Å². The van der Waals surface area contributed by atoms with Gasteiger partial charge in [-0.2, -0.15) is 5.26 Å². The molecule has 2 aromatic rings. The van der Waals surface area contributed by atoms with E-state index in [0.29, 0.717) is 17.0 Å². The maximum atomic E-state index is 13.2. The van der Waals surface area contributed by atoms with Gasteiger partial charge in [0.2, 0.25) is 0 Å². The van der Waals surface area contributed by atoms with Gasteiger partial charge in [0, 0.05) is 24.6 Å². The number of nitrogens with zero attached hydrogens (tertiary/aromatic N) is 5. The standard InChI is InChI=1S/C20H21N5O/c1-13(2)25-16-9-6-5-8-14(16)18(20(25)26)15(12-21)19-23-22-17-10-4-3-7-11-24(17)19/h5-6,8-9,13H,3-4,7,10-11H2,1-2H3/b18-15-. The summed E-state index contributed by atoms with van der Waals surface area (Å²) < 4.78 is 2.02. The van der Waals surface area contributed by atoms with Gasteiger partial charge in [-0.25, -0.2) is 0 Å². The van der Waals surface area contributed by atoms with Crippen molar-refractivity contribution < 1.29 is 4.79 Å². The number of benzene rings is 1. The Bertz CT molecular complexity index is 947. The second-order valence-corrected chi connectivity index (χ2v) is 7.05. The number of carbonyl (C=O) groups excluding carboxylic acids is 1. The lowest BCUT2D eigenvalue weighted by molar-refractivity contribution is -0.113. The number of allylic oxidation sites excluding steroid dienone is 1. The maximum Gasteiger partial charge on any atom is 0.260 e. The van der Waals surface area contributed by atoms with Crippen LogP contribution in [0.3, 0.4) is 0 Å². The Morgan fingerprint density at radius 1 is 1.19 bits per heavy atom. The Morgan fingerprint density at radius 2 is 2.00 bits per heavy atom. The SMILES string of the molecule is CC(C)N1C(=O)/C(=C(/C#N)c2nnc3n2CCCCC3)c2ccccc21. The molecule has 2 aliphatic heterocycles. The van der Waals surface area contributed by atoms with Crippen LogP contribution in [0.1, 0.15) is 50.3 Å². The molecule has 0 aliphatic carbocycles. The van der Waals surface area contributed by atoms with Crippen molar-refractivity contribution in [1.29, 1.82) is 5.26 Å². The third kappa shape index (κ3) is 2.43. The molecule has 0 bridgehead atoms. The number of hydrogen-bond donors (Lipinski definition) is 0. The number of aromatic nitrogens is 3. The predicted octanol–water partition coefficient (Wildman–Crippen LogP) is 3.19. The van der Waals surface area contributed by atoms with Crippen LogP contribution >= 0.6 is 0 Å². The lowest BCUT2D eigenvalue weighted by Crippen LogP contribution is -2.33. The highest BCUT2D eigenvalue weighted by atomic mass is 16.2. The van der Waals surface area contributed by atoms with E-state index in [1.807, 2.05) is 42.7 Å². The number of nitriles is 1. The molecule has 3 heterocycles. The number of anilines is 1. The summed E-state index contributed by atoms with van der Waals surface area (Å²) in [5.41, 5.74) is 2.42.